The number of sulfonamides is 1. The minimum Gasteiger partial charge on any atom is -0.496 e. The quantitative estimate of drug-likeness (QED) is 0.509. The molecule has 0 aliphatic heterocycles. The lowest BCUT2D eigenvalue weighted by atomic mass is 10.1. The summed E-state index contributed by atoms with van der Waals surface area (Å²) >= 11 is 0. The Morgan fingerprint density at radius 1 is 0.781 bits per heavy atom. The van der Waals surface area contributed by atoms with Crippen LogP contribution in [0.2, 0.25) is 0 Å². The molecule has 0 saturated heterocycles. The Labute approximate surface area is 187 Å². The van der Waals surface area contributed by atoms with Crippen molar-refractivity contribution in [3.8, 4) is 17.2 Å². The molecule has 2 N–H and O–H groups in total. The van der Waals surface area contributed by atoms with Gasteiger partial charge in [0.15, 0.2) is 0 Å². The van der Waals surface area contributed by atoms with E-state index in [1.165, 1.54) is 39.5 Å². The molecule has 0 aliphatic rings. The first-order valence-corrected chi connectivity index (χ1v) is 11.1. The van der Waals surface area contributed by atoms with Crippen molar-refractivity contribution in [1.82, 2.24) is 0 Å². The molecule has 3 rings (SSSR count). The largest absolute Gasteiger partial charge is 0.496 e. The lowest BCUT2D eigenvalue weighted by molar-refractivity contribution is -0.115. The second-order valence-corrected chi connectivity index (χ2v) is 8.39. The van der Waals surface area contributed by atoms with E-state index in [1.54, 1.807) is 36.4 Å². The normalized spacial score (nSPS) is 10.8. The lowest BCUT2D eigenvalue weighted by Gasteiger charge is -2.15. The third kappa shape index (κ3) is 5.30. The summed E-state index contributed by atoms with van der Waals surface area (Å²) in [5.41, 5.74) is 1.23. The maximum atomic E-state index is 12.9. The Morgan fingerprint density at radius 3 is 2.06 bits per heavy atom. The van der Waals surface area contributed by atoms with Crippen molar-refractivity contribution in [3.63, 3.8) is 0 Å². The van der Waals surface area contributed by atoms with Crippen LogP contribution in [0.25, 0.3) is 0 Å². The first-order chi connectivity index (χ1) is 15.4. The fourth-order valence-electron chi connectivity index (χ4n) is 3.10. The van der Waals surface area contributed by atoms with Gasteiger partial charge in [0, 0.05) is 5.56 Å². The predicted molar refractivity (Wildman–Crippen MR) is 122 cm³/mol. The van der Waals surface area contributed by atoms with Crippen molar-refractivity contribution < 1.29 is 27.4 Å². The summed E-state index contributed by atoms with van der Waals surface area (Å²) in [6, 6.07) is 18.1. The van der Waals surface area contributed by atoms with Gasteiger partial charge in [-0.1, -0.05) is 30.3 Å². The SMILES string of the molecule is COc1ccccc1CC(=O)Nc1cc(S(=O)(=O)Nc2ccccc2OC)ccc1OC. The average Bonchev–Trinajstić information content (AvgIpc) is 2.79. The molecule has 0 bridgehead atoms. The molecule has 0 radical (unpaired) electrons. The Morgan fingerprint density at radius 2 is 1.38 bits per heavy atom. The number of methoxy groups -OCH3 is 3. The van der Waals surface area contributed by atoms with E-state index in [4.69, 9.17) is 14.2 Å². The smallest absolute Gasteiger partial charge is 0.262 e. The van der Waals surface area contributed by atoms with Crippen LogP contribution in [0.4, 0.5) is 11.4 Å². The summed E-state index contributed by atoms with van der Waals surface area (Å²) in [7, 11) is 0.466. The number of carbonyl (C=O) groups excluding carboxylic acids is 1. The van der Waals surface area contributed by atoms with Crippen LogP contribution in [0.3, 0.4) is 0 Å². The van der Waals surface area contributed by atoms with Gasteiger partial charge in [0.1, 0.15) is 17.2 Å². The highest BCUT2D eigenvalue weighted by atomic mass is 32.2. The Bertz CT molecular complexity index is 1210. The fraction of sp³-hybridized carbons (Fsp3) is 0.174. The molecule has 0 atom stereocenters. The van der Waals surface area contributed by atoms with E-state index in [0.29, 0.717) is 28.5 Å². The van der Waals surface area contributed by atoms with Gasteiger partial charge in [0.25, 0.3) is 10.0 Å². The van der Waals surface area contributed by atoms with Crippen molar-refractivity contribution >= 4 is 27.3 Å². The van der Waals surface area contributed by atoms with Gasteiger partial charge in [-0.3, -0.25) is 9.52 Å². The number of nitrogens with one attached hydrogen (secondary N) is 2. The van der Waals surface area contributed by atoms with E-state index in [0.717, 1.165) is 0 Å². The zero-order valence-electron chi connectivity index (χ0n) is 17.9. The minimum atomic E-state index is -3.96. The third-order valence-electron chi connectivity index (χ3n) is 4.65. The second-order valence-electron chi connectivity index (χ2n) is 6.70. The summed E-state index contributed by atoms with van der Waals surface area (Å²) in [6.45, 7) is 0. The predicted octanol–water partition coefficient (Wildman–Crippen LogP) is 3.69. The maximum absolute atomic E-state index is 12.9. The lowest BCUT2D eigenvalue weighted by Crippen LogP contribution is -2.17. The number of anilines is 2. The van der Waals surface area contributed by atoms with Crippen molar-refractivity contribution in [1.29, 1.82) is 0 Å². The number of ether oxygens (including phenoxy) is 3. The van der Waals surface area contributed by atoms with Crippen LogP contribution >= 0.6 is 0 Å². The summed E-state index contributed by atoms with van der Waals surface area (Å²) < 4.78 is 44.2. The maximum Gasteiger partial charge on any atom is 0.262 e. The number of rotatable bonds is 9. The third-order valence-corrected chi connectivity index (χ3v) is 6.01. The molecule has 9 heteroatoms. The van der Waals surface area contributed by atoms with Gasteiger partial charge < -0.3 is 19.5 Å². The highest BCUT2D eigenvalue weighted by Gasteiger charge is 2.20. The number of hydrogen-bond donors (Lipinski definition) is 2. The Balaban J connectivity index is 1.85. The van der Waals surface area contributed by atoms with Crippen molar-refractivity contribution in [2.75, 3.05) is 31.4 Å². The Hall–Kier alpha value is -3.72. The standard InChI is InChI=1S/C23H24N2O6S/c1-29-20-10-6-4-8-16(20)14-23(26)24-19-15-17(12-13-22(19)31-3)32(27,28)25-18-9-5-7-11-21(18)30-2/h4-13,15,25H,14H2,1-3H3,(H,24,26). The van der Waals surface area contributed by atoms with Crippen LogP contribution in [0.1, 0.15) is 5.56 Å². The first kappa shape index (κ1) is 23.0. The molecule has 3 aromatic rings. The summed E-state index contributed by atoms with van der Waals surface area (Å²) in [6.07, 6.45) is 0.0452. The van der Waals surface area contributed by atoms with Crippen molar-refractivity contribution in [2.45, 2.75) is 11.3 Å². The molecular weight excluding hydrogens is 432 g/mol. The van der Waals surface area contributed by atoms with E-state index >= 15 is 0 Å². The van der Waals surface area contributed by atoms with Crippen LogP contribution in [0.5, 0.6) is 17.2 Å². The average molecular weight is 457 g/mol. The van der Waals surface area contributed by atoms with Crippen LogP contribution < -0.4 is 24.2 Å². The van der Waals surface area contributed by atoms with Crippen LogP contribution in [0.15, 0.2) is 71.6 Å². The van der Waals surface area contributed by atoms with E-state index in [9.17, 15) is 13.2 Å². The molecule has 0 saturated carbocycles. The number of hydrogen-bond acceptors (Lipinski definition) is 6. The van der Waals surface area contributed by atoms with E-state index in [-0.39, 0.29) is 22.9 Å². The molecule has 3 aromatic carbocycles. The molecule has 32 heavy (non-hydrogen) atoms. The first-order valence-electron chi connectivity index (χ1n) is 9.63. The number of carbonyl (C=O) groups is 1. The van der Waals surface area contributed by atoms with Crippen LogP contribution in [-0.4, -0.2) is 35.7 Å². The number of benzene rings is 3. The van der Waals surface area contributed by atoms with Crippen molar-refractivity contribution in [2.24, 2.45) is 0 Å². The van der Waals surface area contributed by atoms with Gasteiger partial charge in [0.2, 0.25) is 5.91 Å². The highest BCUT2D eigenvalue weighted by Crippen LogP contribution is 2.31. The fourth-order valence-corrected chi connectivity index (χ4v) is 4.20. The summed E-state index contributed by atoms with van der Waals surface area (Å²) in [4.78, 5) is 12.6. The monoisotopic (exact) mass is 456 g/mol. The summed E-state index contributed by atoms with van der Waals surface area (Å²) in [5, 5.41) is 2.72. The van der Waals surface area contributed by atoms with Gasteiger partial charge in [-0.2, -0.15) is 0 Å². The minimum absolute atomic E-state index is 0.0446. The van der Waals surface area contributed by atoms with E-state index in [2.05, 4.69) is 10.0 Å². The molecule has 0 heterocycles. The number of amides is 1. The van der Waals surface area contributed by atoms with Crippen LogP contribution in [0, 0.1) is 0 Å². The van der Waals surface area contributed by atoms with Gasteiger partial charge >= 0.3 is 0 Å². The van der Waals surface area contributed by atoms with Gasteiger partial charge in [-0.15, -0.1) is 0 Å². The molecule has 0 fully saturated rings. The molecule has 1 amide bonds. The van der Waals surface area contributed by atoms with Gasteiger partial charge in [-0.25, -0.2) is 8.42 Å². The van der Waals surface area contributed by atoms with Gasteiger partial charge in [0.05, 0.1) is 44.0 Å². The molecule has 168 valence electrons. The van der Waals surface area contributed by atoms with Crippen molar-refractivity contribution in [3.05, 3.63) is 72.3 Å². The second kappa shape index (κ2) is 10.1. The molecule has 8 nitrogen and oxygen atoms in total. The van der Waals surface area contributed by atoms with E-state index in [1.807, 2.05) is 12.1 Å². The molecule has 0 spiro atoms. The van der Waals surface area contributed by atoms with Gasteiger partial charge in [-0.05, 0) is 36.4 Å². The topological polar surface area (TPSA) is 103 Å². The van der Waals surface area contributed by atoms with E-state index < -0.39 is 10.0 Å². The molecule has 0 aromatic heterocycles. The Kier molecular flexibility index (Phi) is 7.21. The highest BCUT2D eigenvalue weighted by molar-refractivity contribution is 7.92. The zero-order chi connectivity index (χ0) is 23.1. The molecule has 0 aliphatic carbocycles. The zero-order valence-corrected chi connectivity index (χ0v) is 18.7. The molecule has 0 unspecified atom stereocenters. The molecular formula is C23H24N2O6S. The number of para-hydroxylation sites is 3. The van der Waals surface area contributed by atoms with Crippen LogP contribution in [-0.2, 0) is 21.2 Å². The summed E-state index contributed by atoms with van der Waals surface area (Å²) in [5.74, 6) is 0.955.